The molecule has 162 valence electrons. The Hall–Kier alpha value is -3.14. The third-order valence-electron chi connectivity index (χ3n) is 4.19. The van der Waals surface area contributed by atoms with E-state index in [2.05, 4.69) is 9.97 Å². The highest BCUT2D eigenvalue weighted by atomic mass is 32.2. The summed E-state index contributed by atoms with van der Waals surface area (Å²) in [6.45, 7) is 3.89. The van der Waals surface area contributed by atoms with Crippen LogP contribution < -0.4 is 4.74 Å². The maximum absolute atomic E-state index is 12.9. The van der Waals surface area contributed by atoms with Gasteiger partial charge in [-0.3, -0.25) is 10.1 Å². The number of hydrogen-bond donors (Lipinski definition) is 0. The molecule has 0 amide bonds. The molecule has 0 saturated heterocycles. The van der Waals surface area contributed by atoms with Crippen molar-refractivity contribution >= 4 is 17.4 Å². The Morgan fingerprint density at radius 1 is 1.10 bits per heavy atom. The van der Waals surface area contributed by atoms with Gasteiger partial charge in [0.15, 0.2) is 5.16 Å². The first-order valence-electron chi connectivity index (χ1n) is 9.22. The van der Waals surface area contributed by atoms with E-state index in [4.69, 9.17) is 4.74 Å². The lowest BCUT2D eigenvalue weighted by molar-refractivity contribution is -0.384. The van der Waals surface area contributed by atoms with Crippen LogP contribution in [0, 0.1) is 10.1 Å². The third-order valence-corrected chi connectivity index (χ3v) is 5.10. The van der Waals surface area contributed by atoms with Gasteiger partial charge >= 0.3 is 6.18 Å². The summed E-state index contributed by atoms with van der Waals surface area (Å²) in [6.07, 6.45) is -4.40. The predicted molar refractivity (Wildman–Crippen MR) is 110 cm³/mol. The molecule has 6 nitrogen and oxygen atoms in total. The van der Waals surface area contributed by atoms with Crippen LogP contribution in [0.25, 0.3) is 0 Å². The number of halogens is 3. The van der Waals surface area contributed by atoms with Crippen molar-refractivity contribution in [3.05, 3.63) is 81.5 Å². The first kappa shape index (κ1) is 22.5. The number of rotatable bonds is 7. The third kappa shape index (κ3) is 6.17. The molecule has 10 heteroatoms. The second-order valence-electron chi connectivity index (χ2n) is 6.91. The minimum atomic E-state index is -4.40. The van der Waals surface area contributed by atoms with E-state index in [-0.39, 0.29) is 23.2 Å². The second kappa shape index (κ2) is 9.34. The lowest BCUT2D eigenvalue weighted by Gasteiger charge is -2.11. The molecule has 0 aliphatic rings. The maximum atomic E-state index is 12.9. The van der Waals surface area contributed by atoms with E-state index in [1.165, 1.54) is 42.1 Å². The maximum Gasteiger partial charge on any atom is 0.416 e. The summed E-state index contributed by atoms with van der Waals surface area (Å²) >= 11 is 1.20. The minimum Gasteiger partial charge on any atom is -0.439 e. The standard InChI is InChI=1S/C21H18F3N3O3S/c1-13(2)18-11-19(30-17-8-6-16(7-9-17)27(28)29)26-20(25-18)31-12-14-4-3-5-15(10-14)21(22,23)24/h3-11,13H,12H2,1-2H3. The van der Waals surface area contributed by atoms with Crippen molar-refractivity contribution in [2.24, 2.45) is 0 Å². The van der Waals surface area contributed by atoms with E-state index < -0.39 is 16.7 Å². The Morgan fingerprint density at radius 3 is 2.42 bits per heavy atom. The molecule has 0 N–H and O–H groups in total. The van der Waals surface area contributed by atoms with Crippen LogP contribution in [-0.4, -0.2) is 14.9 Å². The molecule has 0 aliphatic heterocycles. The van der Waals surface area contributed by atoms with Gasteiger partial charge in [-0.25, -0.2) is 4.98 Å². The summed E-state index contributed by atoms with van der Waals surface area (Å²) in [5.74, 6) is 0.935. The zero-order valence-corrected chi connectivity index (χ0v) is 17.4. The van der Waals surface area contributed by atoms with Crippen LogP contribution in [-0.2, 0) is 11.9 Å². The molecule has 0 atom stereocenters. The number of nitro benzene ring substituents is 1. The van der Waals surface area contributed by atoms with E-state index in [9.17, 15) is 23.3 Å². The lowest BCUT2D eigenvalue weighted by atomic mass is 10.1. The van der Waals surface area contributed by atoms with Gasteiger partial charge in [0, 0.05) is 24.0 Å². The zero-order valence-electron chi connectivity index (χ0n) is 16.6. The molecule has 31 heavy (non-hydrogen) atoms. The monoisotopic (exact) mass is 449 g/mol. The molecule has 2 aromatic carbocycles. The van der Waals surface area contributed by atoms with Gasteiger partial charge in [0.25, 0.3) is 5.69 Å². The van der Waals surface area contributed by atoms with Crippen molar-refractivity contribution in [1.82, 2.24) is 9.97 Å². The highest BCUT2D eigenvalue weighted by Gasteiger charge is 2.30. The predicted octanol–water partition coefficient (Wildman–Crippen LogP) is 6.61. The number of alkyl halides is 3. The molecule has 0 bridgehead atoms. The van der Waals surface area contributed by atoms with Crippen molar-refractivity contribution in [3.63, 3.8) is 0 Å². The van der Waals surface area contributed by atoms with Gasteiger partial charge in [0.2, 0.25) is 5.88 Å². The molecule has 1 aromatic heterocycles. The van der Waals surface area contributed by atoms with Gasteiger partial charge in [-0.05, 0) is 29.7 Å². The Balaban J connectivity index is 1.79. The first-order chi connectivity index (χ1) is 14.6. The quantitative estimate of drug-likeness (QED) is 0.175. The molecule has 3 aromatic rings. The Morgan fingerprint density at radius 2 is 1.81 bits per heavy atom. The van der Waals surface area contributed by atoms with Crippen molar-refractivity contribution in [1.29, 1.82) is 0 Å². The number of non-ortho nitro benzene ring substituents is 1. The van der Waals surface area contributed by atoms with Gasteiger partial charge in [-0.1, -0.05) is 43.8 Å². The molecular formula is C21H18F3N3O3S. The van der Waals surface area contributed by atoms with Crippen LogP contribution in [0.15, 0.2) is 59.8 Å². The van der Waals surface area contributed by atoms with Crippen molar-refractivity contribution < 1.29 is 22.8 Å². The molecule has 3 rings (SSSR count). The topological polar surface area (TPSA) is 78.2 Å². The normalized spacial score (nSPS) is 11.5. The number of ether oxygens (including phenoxy) is 1. The van der Waals surface area contributed by atoms with Crippen LogP contribution in [0.1, 0.15) is 36.6 Å². The second-order valence-corrected chi connectivity index (χ2v) is 7.85. The Labute approximate surface area is 180 Å². The fourth-order valence-electron chi connectivity index (χ4n) is 2.58. The van der Waals surface area contributed by atoms with Crippen molar-refractivity contribution in [2.75, 3.05) is 0 Å². The van der Waals surface area contributed by atoms with Crippen LogP contribution in [0.2, 0.25) is 0 Å². The summed E-state index contributed by atoms with van der Waals surface area (Å²) < 4.78 is 44.5. The summed E-state index contributed by atoms with van der Waals surface area (Å²) in [5, 5.41) is 11.1. The molecule has 0 spiro atoms. The van der Waals surface area contributed by atoms with E-state index >= 15 is 0 Å². The SMILES string of the molecule is CC(C)c1cc(Oc2ccc([N+](=O)[O-])cc2)nc(SCc2cccc(C(F)(F)F)c2)n1. The number of hydrogen-bond acceptors (Lipinski definition) is 6. The van der Waals surface area contributed by atoms with E-state index in [1.54, 1.807) is 12.1 Å². The molecule has 0 fully saturated rings. The van der Waals surface area contributed by atoms with E-state index in [0.717, 1.165) is 12.1 Å². The summed E-state index contributed by atoms with van der Waals surface area (Å²) in [6, 6.07) is 12.4. The van der Waals surface area contributed by atoms with Crippen molar-refractivity contribution in [3.8, 4) is 11.6 Å². The number of benzene rings is 2. The minimum absolute atomic E-state index is 0.0600. The van der Waals surface area contributed by atoms with Gasteiger partial charge in [-0.2, -0.15) is 18.2 Å². The highest BCUT2D eigenvalue weighted by molar-refractivity contribution is 7.98. The average Bonchev–Trinajstić information content (AvgIpc) is 2.72. The molecule has 0 aliphatic carbocycles. The first-order valence-corrected chi connectivity index (χ1v) is 10.2. The fourth-order valence-corrected chi connectivity index (χ4v) is 3.38. The summed E-state index contributed by atoms with van der Waals surface area (Å²) in [4.78, 5) is 19.1. The zero-order chi connectivity index (χ0) is 22.6. The number of nitrogens with zero attached hydrogens (tertiary/aromatic N) is 3. The van der Waals surface area contributed by atoms with Crippen LogP contribution in [0.5, 0.6) is 11.6 Å². The largest absolute Gasteiger partial charge is 0.439 e. The van der Waals surface area contributed by atoms with E-state index in [0.29, 0.717) is 22.2 Å². The van der Waals surface area contributed by atoms with Gasteiger partial charge in [-0.15, -0.1) is 0 Å². The van der Waals surface area contributed by atoms with E-state index in [1.807, 2.05) is 13.8 Å². The summed E-state index contributed by atoms with van der Waals surface area (Å²) in [7, 11) is 0. The Bertz CT molecular complexity index is 1070. The molecular weight excluding hydrogens is 431 g/mol. The Kier molecular flexibility index (Phi) is 6.79. The molecule has 0 radical (unpaired) electrons. The fraction of sp³-hybridized carbons (Fsp3) is 0.238. The molecule has 1 heterocycles. The van der Waals surface area contributed by atoms with Gasteiger partial charge in [0.1, 0.15) is 5.75 Å². The number of thioether (sulfide) groups is 1. The smallest absolute Gasteiger partial charge is 0.416 e. The number of aromatic nitrogens is 2. The van der Waals surface area contributed by atoms with Gasteiger partial charge in [0.05, 0.1) is 16.2 Å². The number of nitro groups is 1. The lowest BCUT2D eigenvalue weighted by Crippen LogP contribution is -2.05. The van der Waals surface area contributed by atoms with Crippen LogP contribution >= 0.6 is 11.8 Å². The van der Waals surface area contributed by atoms with Crippen LogP contribution in [0.4, 0.5) is 18.9 Å². The molecule has 0 saturated carbocycles. The van der Waals surface area contributed by atoms with Crippen molar-refractivity contribution in [2.45, 2.75) is 36.9 Å². The van der Waals surface area contributed by atoms with Crippen LogP contribution in [0.3, 0.4) is 0 Å². The highest BCUT2D eigenvalue weighted by Crippen LogP contribution is 2.32. The average molecular weight is 449 g/mol. The molecule has 0 unspecified atom stereocenters. The summed E-state index contributed by atoms with van der Waals surface area (Å²) in [5.41, 5.74) is 0.439. The van der Waals surface area contributed by atoms with Gasteiger partial charge < -0.3 is 4.74 Å².